The van der Waals surface area contributed by atoms with E-state index in [4.69, 9.17) is 11.6 Å². The molecule has 1 rings (SSSR count). The largest absolute Gasteiger partial charge is 0.463 e. The summed E-state index contributed by atoms with van der Waals surface area (Å²) >= 11 is 5.50. The van der Waals surface area contributed by atoms with Crippen LogP contribution in [0.4, 0.5) is 14.5 Å². The summed E-state index contributed by atoms with van der Waals surface area (Å²) in [5.41, 5.74) is -1.71. The van der Waals surface area contributed by atoms with E-state index in [-0.39, 0.29) is 12.3 Å². The van der Waals surface area contributed by atoms with Crippen molar-refractivity contribution >= 4 is 23.3 Å². The SMILES string of the molecule is CCOC(=O)C(Cl)N=Nc1cc(F)ccc1F. The first-order valence-corrected chi connectivity index (χ1v) is 5.15. The molecule has 17 heavy (non-hydrogen) atoms. The topological polar surface area (TPSA) is 51.0 Å². The van der Waals surface area contributed by atoms with Gasteiger partial charge >= 0.3 is 5.97 Å². The first-order chi connectivity index (χ1) is 8.04. The number of azo groups is 1. The monoisotopic (exact) mass is 262 g/mol. The van der Waals surface area contributed by atoms with Gasteiger partial charge in [0.05, 0.1) is 6.61 Å². The van der Waals surface area contributed by atoms with Gasteiger partial charge in [0.1, 0.15) is 11.5 Å². The zero-order valence-corrected chi connectivity index (χ0v) is 9.62. The van der Waals surface area contributed by atoms with E-state index in [1.54, 1.807) is 6.92 Å². The van der Waals surface area contributed by atoms with Crippen molar-refractivity contribution in [2.75, 3.05) is 6.61 Å². The molecule has 0 heterocycles. The molecule has 1 atom stereocenters. The fraction of sp³-hybridized carbons (Fsp3) is 0.300. The van der Waals surface area contributed by atoms with Crippen LogP contribution < -0.4 is 0 Å². The van der Waals surface area contributed by atoms with Gasteiger partial charge in [-0.15, -0.1) is 0 Å². The third-order valence-corrected chi connectivity index (χ3v) is 1.92. The number of alkyl halides is 1. The Morgan fingerprint density at radius 3 is 2.88 bits per heavy atom. The molecular formula is C10H9ClF2N2O2. The minimum absolute atomic E-state index is 0.145. The summed E-state index contributed by atoms with van der Waals surface area (Å²) in [5.74, 6) is -2.22. The molecule has 1 aromatic rings. The van der Waals surface area contributed by atoms with Crippen LogP contribution in [0.5, 0.6) is 0 Å². The molecule has 0 saturated carbocycles. The van der Waals surface area contributed by atoms with Gasteiger partial charge in [-0.25, -0.2) is 13.6 Å². The highest BCUT2D eigenvalue weighted by Crippen LogP contribution is 2.20. The van der Waals surface area contributed by atoms with Crippen molar-refractivity contribution in [3.8, 4) is 0 Å². The Bertz CT molecular complexity index is 440. The lowest BCUT2D eigenvalue weighted by atomic mass is 10.3. The maximum Gasteiger partial charge on any atom is 0.348 e. The molecule has 0 radical (unpaired) electrons. The normalized spacial score (nSPS) is 12.7. The van der Waals surface area contributed by atoms with E-state index >= 15 is 0 Å². The van der Waals surface area contributed by atoms with Crippen molar-refractivity contribution in [3.05, 3.63) is 29.8 Å². The minimum atomic E-state index is -1.38. The fourth-order valence-corrected chi connectivity index (χ4v) is 1.04. The molecule has 0 aliphatic heterocycles. The van der Waals surface area contributed by atoms with Gasteiger partial charge in [0.2, 0.25) is 5.50 Å². The molecule has 0 saturated heterocycles. The van der Waals surface area contributed by atoms with E-state index < -0.39 is 23.1 Å². The molecule has 0 N–H and O–H groups in total. The first-order valence-electron chi connectivity index (χ1n) is 4.71. The average Bonchev–Trinajstić information content (AvgIpc) is 2.30. The maximum absolute atomic E-state index is 13.1. The number of carbonyl (C=O) groups excluding carboxylic acids is 1. The molecule has 0 amide bonds. The Morgan fingerprint density at radius 1 is 1.53 bits per heavy atom. The van der Waals surface area contributed by atoms with Gasteiger partial charge in [0.25, 0.3) is 0 Å². The molecule has 1 aromatic carbocycles. The summed E-state index contributed by atoms with van der Waals surface area (Å²) < 4.78 is 30.4. The molecule has 0 aliphatic rings. The molecule has 0 aromatic heterocycles. The smallest absolute Gasteiger partial charge is 0.348 e. The van der Waals surface area contributed by atoms with E-state index in [2.05, 4.69) is 15.0 Å². The zero-order valence-electron chi connectivity index (χ0n) is 8.86. The van der Waals surface area contributed by atoms with Crippen LogP contribution in [0.15, 0.2) is 28.4 Å². The van der Waals surface area contributed by atoms with Crippen LogP contribution in [-0.4, -0.2) is 18.1 Å². The van der Waals surface area contributed by atoms with Crippen molar-refractivity contribution < 1.29 is 18.3 Å². The predicted molar refractivity (Wildman–Crippen MR) is 57.1 cm³/mol. The number of hydrogen-bond acceptors (Lipinski definition) is 4. The summed E-state index contributed by atoms with van der Waals surface area (Å²) in [6.45, 7) is 1.75. The molecular weight excluding hydrogens is 254 g/mol. The minimum Gasteiger partial charge on any atom is -0.463 e. The van der Waals surface area contributed by atoms with Crippen LogP contribution in [0.1, 0.15) is 6.92 Å². The van der Waals surface area contributed by atoms with Crippen molar-refractivity contribution in [1.82, 2.24) is 0 Å². The van der Waals surface area contributed by atoms with Gasteiger partial charge in [-0.05, 0) is 19.1 Å². The first kappa shape index (κ1) is 13.5. The van der Waals surface area contributed by atoms with Gasteiger partial charge in [-0.3, -0.25) is 0 Å². The third-order valence-electron chi connectivity index (χ3n) is 1.66. The number of esters is 1. The molecule has 0 aliphatic carbocycles. The third kappa shape index (κ3) is 4.07. The van der Waals surface area contributed by atoms with Crippen LogP contribution in [0, 0.1) is 11.6 Å². The molecule has 0 fully saturated rings. The Hall–Kier alpha value is -1.56. The standard InChI is InChI=1S/C10H9ClF2N2O2/c1-2-17-10(16)9(11)15-14-8-5-6(12)3-4-7(8)13/h3-5,9H,2H2,1H3. The maximum atomic E-state index is 13.1. The highest BCUT2D eigenvalue weighted by atomic mass is 35.5. The second kappa shape index (κ2) is 6.24. The Labute approximate surface area is 101 Å². The van der Waals surface area contributed by atoms with Crippen LogP contribution in [0.25, 0.3) is 0 Å². The van der Waals surface area contributed by atoms with Gasteiger partial charge in [-0.1, -0.05) is 11.6 Å². The van der Waals surface area contributed by atoms with Gasteiger partial charge < -0.3 is 4.74 Å². The summed E-state index contributed by atoms with van der Waals surface area (Å²) in [4.78, 5) is 11.0. The summed E-state index contributed by atoms with van der Waals surface area (Å²) in [6, 6.07) is 2.68. The number of hydrogen-bond donors (Lipinski definition) is 0. The molecule has 1 unspecified atom stereocenters. The Balaban J connectivity index is 2.76. The molecule has 4 nitrogen and oxygen atoms in total. The Morgan fingerprint density at radius 2 is 2.24 bits per heavy atom. The average molecular weight is 263 g/mol. The van der Waals surface area contributed by atoms with E-state index in [0.717, 1.165) is 18.2 Å². The second-order valence-electron chi connectivity index (χ2n) is 2.90. The highest BCUT2D eigenvalue weighted by molar-refractivity contribution is 6.29. The molecule has 92 valence electrons. The molecule has 0 spiro atoms. The number of carbonyl (C=O) groups is 1. The summed E-state index contributed by atoms with van der Waals surface area (Å²) in [7, 11) is 0. The van der Waals surface area contributed by atoms with Crippen molar-refractivity contribution in [1.29, 1.82) is 0 Å². The van der Waals surface area contributed by atoms with Crippen LogP contribution in [0.2, 0.25) is 0 Å². The van der Waals surface area contributed by atoms with Gasteiger partial charge in [-0.2, -0.15) is 10.2 Å². The molecule has 0 bridgehead atoms. The van der Waals surface area contributed by atoms with E-state index in [9.17, 15) is 13.6 Å². The second-order valence-corrected chi connectivity index (χ2v) is 3.31. The summed E-state index contributed by atoms with van der Waals surface area (Å²) in [5, 5.41) is 6.67. The summed E-state index contributed by atoms with van der Waals surface area (Å²) in [6.07, 6.45) is 0. The lowest BCUT2D eigenvalue weighted by molar-refractivity contribution is -0.142. The van der Waals surface area contributed by atoms with Gasteiger partial charge in [0.15, 0.2) is 5.82 Å². The Kier molecular flexibility index (Phi) is 4.96. The fourth-order valence-electron chi connectivity index (χ4n) is 0.934. The quantitative estimate of drug-likeness (QED) is 0.362. The van der Waals surface area contributed by atoms with E-state index in [1.165, 1.54) is 0 Å². The van der Waals surface area contributed by atoms with Crippen molar-refractivity contribution in [3.63, 3.8) is 0 Å². The van der Waals surface area contributed by atoms with E-state index in [0.29, 0.717) is 0 Å². The predicted octanol–water partition coefficient (Wildman–Crippen LogP) is 3.18. The van der Waals surface area contributed by atoms with Crippen LogP contribution in [-0.2, 0) is 9.53 Å². The number of benzene rings is 1. The molecule has 7 heteroatoms. The van der Waals surface area contributed by atoms with Crippen molar-refractivity contribution in [2.45, 2.75) is 12.4 Å². The highest BCUT2D eigenvalue weighted by Gasteiger charge is 2.15. The number of nitrogens with zero attached hydrogens (tertiary/aromatic N) is 2. The lowest BCUT2D eigenvalue weighted by Gasteiger charge is -2.02. The zero-order chi connectivity index (χ0) is 12.8. The lowest BCUT2D eigenvalue weighted by Crippen LogP contribution is -2.15. The number of ether oxygens (including phenoxy) is 1. The number of halogens is 3. The van der Waals surface area contributed by atoms with Gasteiger partial charge in [0, 0.05) is 6.07 Å². The van der Waals surface area contributed by atoms with Crippen LogP contribution in [0.3, 0.4) is 0 Å². The number of rotatable bonds is 4. The van der Waals surface area contributed by atoms with Crippen LogP contribution >= 0.6 is 11.6 Å². The van der Waals surface area contributed by atoms with E-state index in [1.807, 2.05) is 0 Å². The van der Waals surface area contributed by atoms with Crippen molar-refractivity contribution in [2.24, 2.45) is 10.2 Å².